The zero-order valence-corrected chi connectivity index (χ0v) is 11.9. The third-order valence-corrected chi connectivity index (χ3v) is 3.11. The number of carbonyl (C=O) groups is 1. The lowest BCUT2D eigenvalue weighted by atomic mass is 10.1. The van der Waals surface area contributed by atoms with Crippen LogP contribution in [0.1, 0.15) is 15.9 Å². The van der Waals surface area contributed by atoms with Crippen LogP contribution in [0.4, 0.5) is 0 Å². The van der Waals surface area contributed by atoms with Crippen molar-refractivity contribution in [2.24, 2.45) is 0 Å². The lowest BCUT2D eigenvalue weighted by Crippen LogP contribution is -1.96. The molecule has 0 aromatic heterocycles. The Bertz CT molecular complexity index is 699. The smallest absolute Gasteiger partial charge is 0.185 e. The number of nitriles is 1. The van der Waals surface area contributed by atoms with Crippen molar-refractivity contribution in [2.45, 2.75) is 0 Å². The second-order valence-electron chi connectivity index (χ2n) is 4.19. The van der Waals surface area contributed by atoms with Crippen LogP contribution in [0.15, 0.2) is 54.6 Å². The maximum absolute atomic E-state index is 12.0. The minimum Gasteiger partial charge on any atom is -0.479 e. The van der Waals surface area contributed by atoms with Crippen molar-refractivity contribution < 1.29 is 9.53 Å². The van der Waals surface area contributed by atoms with E-state index in [1.807, 2.05) is 24.3 Å². The molecule has 0 spiro atoms. The second-order valence-corrected chi connectivity index (χ2v) is 4.60. The van der Waals surface area contributed by atoms with Crippen LogP contribution < -0.4 is 4.74 Å². The lowest BCUT2D eigenvalue weighted by Gasteiger charge is -2.02. The maximum Gasteiger partial charge on any atom is 0.185 e. The third kappa shape index (κ3) is 4.20. The van der Waals surface area contributed by atoms with E-state index in [1.165, 1.54) is 6.08 Å². The minimum atomic E-state index is -0.123. The van der Waals surface area contributed by atoms with Gasteiger partial charge in [-0.25, -0.2) is 0 Å². The third-order valence-electron chi connectivity index (χ3n) is 2.76. The van der Waals surface area contributed by atoms with Crippen molar-refractivity contribution in [3.8, 4) is 11.8 Å². The van der Waals surface area contributed by atoms with Crippen LogP contribution >= 0.6 is 11.6 Å². The Kier molecular flexibility index (Phi) is 5.14. The second kappa shape index (κ2) is 7.28. The average Bonchev–Trinajstić information content (AvgIpc) is 2.52. The Morgan fingerprint density at radius 2 is 1.90 bits per heavy atom. The van der Waals surface area contributed by atoms with Crippen molar-refractivity contribution in [2.75, 3.05) is 6.61 Å². The van der Waals surface area contributed by atoms with Crippen LogP contribution in [0.5, 0.6) is 5.75 Å². The van der Waals surface area contributed by atoms with Crippen LogP contribution in [0.25, 0.3) is 6.08 Å². The monoisotopic (exact) mass is 297 g/mol. The van der Waals surface area contributed by atoms with Gasteiger partial charge in [0.1, 0.15) is 11.8 Å². The summed E-state index contributed by atoms with van der Waals surface area (Å²) >= 11 is 6.02. The van der Waals surface area contributed by atoms with E-state index in [9.17, 15) is 4.79 Å². The molecule has 0 heterocycles. The van der Waals surface area contributed by atoms with Gasteiger partial charge in [0.25, 0.3) is 0 Å². The molecule has 0 aliphatic heterocycles. The summed E-state index contributed by atoms with van der Waals surface area (Å²) in [6.45, 7) is -0.0142. The summed E-state index contributed by atoms with van der Waals surface area (Å²) in [5.74, 6) is 0.435. The Balaban J connectivity index is 2.07. The van der Waals surface area contributed by atoms with Crippen molar-refractivity contribution in [3.05, 3.63) is 70.8 Å². The molecule has 0 aliphatic carbocycles. The minimum absolute atomic E-state index is 0.0142. The summed E-state index contributed by atoms with van der Waals surface area (Å²) in [7, 11) is 0. The van der Waals surface area contributed by atoms with Gasteiger partial charge in [0.15, 0.2) is 12.4 Å². The molecule has 0 aliphatic rings. The first kappa shape index (κ1) is 14.8. The normalized spacial score (nSPS) is 10.3. The van der Waals surface area contributed by atoms with E-state index in [1.54, 1.807) is 36.4 Å². The Labute approximate surface area is 128 Å². The number of rotatable bonds is 5. The van der Waals surface area contributed by atoms with Crippen LogP contribution in [-0.2, 0) is 0 Å². The van der Waals surface area contributed by atoms with Gasteiger partial charge in [0, 0.05) is 10.6 Å². The van der Waals surface area contributed by atoms with Crippen LogP contribution in [0.3, 0.4) is 0 Å². The fourth-order valence-corrected chi connectivity index (χ4v) is 1.90. The van der Waals surface area contributed by atoms with Crippen LogP contribution in [0.2, 0.25) is 5.02 Å². The number of allylic oxidation sites excluding steroid dienone is 1. The first-order valence-corrected chi connectivity index (χ1v) is 6.65. The largest absolute Gasteiger partial charge is 0.479 e. The molecule has 104 valence electrons. The van der Waals surface area contributed by atoms with Crippen LogP contribution in [0, 0.1) is 11.3 Å². The Morgan fingerprint density at radius 1 is 1.19 bits per heavy atom. The molecule has 0 saturated heterocycles. The van der Waals surface area contributed by atoms with E-state index < -0.39 is 0 Å². The quantitative estimate of drug-likeness (QED) is 0.615. The van der Waals surface area contributed by atoms with E-state index in [0.717, 1.165) is 5.56 Å². The number of halogens is 1. The molecule has 0 amide bonds. The van der Waals surface area contributed by atoms with E-state index in [-0.39, 0.29) is 12.4 Å². The molecule has 0 bridgehead atoms. The summed E-state index contributed by atoms with van der Waals surface area (Å²) < 4.78 is 5.13. The number of hydrogen-bond acceptors (Lipinski definition) is 3. The van der Waals surface area contributed by atoms with Gasteiger partial charge in [-0.2, -0.15) is 5.26 Å². The fourth-order valence-electron chi connectivity index (χ4n) is 1.70. The van der Waals surface area contributed by atoms with Crippen molar-refractivity contribution in [1.82, 2.24) is 0 Å². The summed E-state index contributed by atoms with van der Waals surface area (Å²) in [6.07, 6.45) is 3.16. The molecule has 4 heteroatoms. The highest BCUT2D eigenvalue weighted by Gasteiger charge is 2.03. The van der Waals surface area contributed by atoms with Gasteiger partial charge in [-0.15, -0.1) is 0 Å². The first-order valence-electron chi connectivity index (χ1n) is 6.27. The molecule has 0 unspecified atom stereocenters. The molecular weight excluding hydrogens is 286 g/mol. The zero-order chi connectivity index (χ0) is 15.1. The van der Waals surface area contributed by atoms with Crippen molar-refractivity contribution >= 4 is 23.5 Å². The fraction of sp³-hybridized carbons (Fsp3) is 0.0588. The maximum atomic E-state index is 12.0. The van der Waals surface area contributed by atoms with Crippen molar-refractivity contribution in [3.63, 3.8) is 0 Å². The highest BCUT2D eigenvalue weighted by molar-refractivity contribution is 6.32. The van der Waals surface area contributed by atoms with E-state index in [0.29, 0.717) is 16.3 Å². The molecule has 0 N–H and O–H groups in total. The average molecular weight is 298 g/mol. The summed E-state index contributed by atoms with van der Waals surface area (Å²) in [4.78, 5) is 12.0. The van der Waals surface area contributed by atoms with Gasteiger partial charge in [-0.3, -0.25) is 4.79 Å². The Morgan fingerprint density at radius 3 is 2.57 bits per heavy atom. The molecule has 2 rings (SSSR count). The molecule has 2 aromatic rings. The molecule has 21 heavy (non-hydrogen) atoms. The van der Waals surface area contributed by atoms with E-state index in [2.05, 4.69) is 0 Å². The zero-order valence-electron chi connectivity index (χ0n) is 11.1. The molecule has 3 nitrogen and oxygen atoms in total. The number of carbonyl (C=O) groups excluding carboxylic acids is 1. The summed E-state index contributed by atoms with van der Waals surface area (Å²) in [5, 5.41) is 9.02. The molecule has 0 saturated carbocycles. The van der Waals surface area contributed by atoms with Gasteiger partial charge < -0.3 is 4.74 Å². The van der Waals surface area contributed by atoms with E-state index in [4.69, 9.17) is 21.6 Å². The number of benzene rings is 2. The summed E-state index contributed by atoms with van der Waals surface area (Å²) in [6, 6.07) is 15.8. The van der Waals surface area contributed by atoms with E-state index >= 15 is 0 Å². The molecule has 2 aromatic carbocycles. The highest BCUT2D eigenvalue weighted by atomic mass is 35.5. The topological polar surface area (TPSA) is 50.1 Å². The number of ketones is 1. The first-order chi connectivity index (χ1) is 10.2. The summed E-state index contributed by atoms with van der Waals surface area (Å²) in [5.41, 5.74) is 1.34. The van der Waals surface area contributed by atoms with Crippen LogP contribution in [-0.4, -0.2) is 12.4 Å². The number of ether oxygens (including phenoxy) is 1. The Hall–Kier alpha value is -2.57. The predicted molar refractivity (Wildman–Crippen MR) is 82.4 cm³/mol. The standard InChI is InChI=1S/C17H12ClNO2/c18-16-4-2-1-3-13(16)7-10-17(20)14-5-8-15(9-6-14)21-12-11-19/h1-10H,12H2/b10-7+. The highest BCUT2D eigenvalue weighted by Crippen LogP contribution is 2.17. The van der Waals surface area contributed by atoms with Gasteiger partial charge in [0.2, 0.25) is 0 Å². The van der Waals surface area contributed by atoms with Gasteiger partial charge in [-0.1, -0.05) is 29.8 Å². The van der Waals surface area contributed by atoms with Gasteiger partial charge in [0.05, 0.1) is 0 Å². The van der Waals surface area contributed by atoms with Gasteiger partial charge in [-0.05, 0) is 48.0 Å². The SMILES string of the molecule is N#CCOc1ccc(C(=O)/C=C/c2ccccc2Cl)cc1. The van der Waals surface area contributed by atoms with Gasteiger partial charge >= 0.3 is 0 Å². The predicted octanol–water partition coefficient (Wildman–Crippen LogP) is 4.14. The van der Waals surface area contributed by atoms with Crippen molar-refractivity contribution in [1.29, 1.82) is 5.26 Å². The molecule has 0 radical (unpaired) electrons. The molecule has 0 fully saturated rings. The lowest BCUT2D eigenvalue weighted by molar-refractivity contribution is 0.104. The molecular formula is C17H12ClNO2. The molecule has 0 atom stereocenters. The number of nitrogens with zero attached hydrogens (tertiary/aromatic N) is 1. The number of hydrogen-bond donors (Lipinski definition) is 0.